The zero-order valence-corrected chi connectivity index (χ0v) is 16.1. The van der Waals surface area contributed by atoms with Crippen molar-refractivity contribution in [2.45, 2.75) is 32.4 Å². The number of nitrogens with zero attached hydrogens (tertiary/aromatic N) is 2. The minimum atomic E-state index is 0.652. The molecule has 3 aliphatic rings. The molecule has 0 N–H and O–H groups in total. The van der Waals surface area contributed by atoms with Gasteiger partial charge in [0.25, 0.3) is 0 Å². The Morgan fingerprint density at radius 1 is 1.04 bits per heavy atom. The lowest BCUT2D eigenvalue weighted by atomic mass is 9.95. The highest BCUT2D eigenvalue weighted by molar-refractivity contribution is 5.49. The molecule has 4 rings (SSSR count). The van der Waals surface area contributed by atoms with Crippen molar-refractivity contribution in [3.05, 3.63) is 23.3 Å². The number of fused-ring (bicyclic) bond motifs is 4. The van der Waals surface area contributed by atoms with Crippen LogP contribution in [-0.4, -0.2) is 70.0 Å². The predicted molar refractivity (Wildman–Crippen MR) is 99.5 cm³/mol. The van der Waals surface area contributed by atoms with Gasteiger partial charge in [0.1, 0.15) is 11.5 Å². The Hall–Kier alpha value is -1.30. The average molecular weight is 348 g/mol. The summed E-state index contributed by atoms with van der Waals surface area (Å²) >= 11 is 0. The zero-order valence-electron chi connectivity index (χ0n) is 16.1. The van der Waals surface area contributed by atoms with E-state index in [9.17, 15) is 0 Å². The van der Waals surface area contributed by atoms with Gasteiger partial charge in [0.15, 0.2) is 0 Å². The first kappa shape index (κ1) is 18.5. The Balaban J connectivity index is 1.73. The summed E-state index contributed by atoms with van der Waals surface area (Å²) in [4.78, 5) is 5.24. The largest absolute Gasteiger partial charge is 0.496 e. The summed E-state index contributed by atoms with van der Waals surface area (Å²) in [6, 6.07) is 4.87. The van der Waals surface area contributed by atoms with Crippen molar-refractivity contribution in [2.24, 2.45) is 5.92 Å². The van der Waals surface area contributed by atoms with Crippen LogP contribution < -0.4 is 9.47 Å². The van der Waals surface area contributed by atoms with Crippen molar-refractivity contribution in [3.8, 4) is 11.5 Å². The lowest BCUT2D eigenvalue weighted by Gasteiger charge is -2.35. The van der Waals surface area contributed by atoms with Crippen molar-refractivity contribution in [3.63, 3.8) is 0 Å². The van der Waals surface area contributed by atoms with Crippen molar-refractivity contribution < 1.29 is 14.2 Å². The van der Waals surface area contributed by atoms with Crippen LogP contribution in [0.4, 0.5) is 0 Å². The van der Waals surface area contributed by atoms with Crippen LogP contribution in [0, 0.1) is 12.8 Å². The summed E-state index contributed by atoms with van der Waals surface area (Å²) in [5.74, 6) is 2.62. The minimum Gasteiger partial charge on any atom is -0.496 e. The molecule has 0 saturated carbocycles. The molecule has 3 aliphatic heterocycles. The van der Waals surface area contributed by atoms with Gasteiger partial charge in [-0.25, -0.2) is 0 Å². The fourth-order valence-electron chi connectivity index (χ4n) is 4.49. The molecule has 0 amide bonds. The van der Waals surface area contributed by atoms with Crippen LogP contribution >= 0.6 is 0 Å². The lowest BCUT2D eigenvalue weighted by molar-refractivity contribution is 0.0867. The van der Waals surface area contributed by atoms with Gasteiger partial charge in [-0.1, -0.05) is 6.07 Å². The van der Waals surface area contributed by atoms with Crippen LogP contribution in [0.1, 0.15) is 24.0 Å². The van der Waals surface area contributed by atoms with Crippen molar-refractivity contribution in [2.75, 3.05) is 54.1 Å². The fraction of sp³-hybridized carbons (Fsp3) is 0.700. The third kappa shape index (κ3) is 4.10. The molecule has 2 bridgehead atoms. The van der Waals surface area contributed by atoms with Crippen LogP contribution in [0.5, 0.6) is 11.5 Å². The van der Waals surface area contributed by atoms with Gasteiger partial charge < -0.3 is 14.2 Å². The van der Waals surface area contributed by atoms with E-state index in [4.69, 9.17) is 14.2 Å². The summed E-state index contributed by atoms with van der Waals surface area (Å²) in [6.45, 7) is 8.41. The third-order valence-electron chi connectivity index (χ3n) is 5.74. The third-order valence-corrected chi connectivity index (χ3v) is 5.74. The van der Waals surface area contributed by atoms with Crippen LogP contribution in [0.2, 0.25) is 0 Å². The van der Waals surface area contributed by atoms with E-state index in [-0.39, 0.29) is 0 Å². The van der Waals surface area contributed by atoms with Gasteiger partial charge in [0, 0.05) is 57.0 Å². The molecular formula is C20H32N2O3. The first-order valence-corrected chi connectivity index (χ1v) is 9.32. The topological polar surface area (TPSA) is 34.2 Å². The van der Waals surface area contributed by atoms with Crippen LogP contribution in [-0.2, 0) is 11.3 Å². The number of benzene rings is 1. The molecule has 2 atom stereocenters. The van der Waals surface area contributed by atoms with Gasteiger partial charge in [-0.15, -0.1) is 0 Å². The number of piperidine rings is 1. The van der Waals surface area contributed by atoms with Gasteiger partial charge in [-0.3, -0.25) is 9.80 Å². The highest BCUT2D eigenvalue weighted by atomic mass is 16.5. The van der Waals surface area contributed by atoms with E-state index < -0.39 is 0 Å². The maximum atomic E-state index is 5.70. The Morgan fingerprint density at radius 3 is 2.60 bits per heavy atom. The maximum Gasteiger partial charge on any atom is 0.129 e. The van der Waals surface area contributed by atoms with E-state index in [1.807, 2.05) is 0 Å². The van der Waals surface area contributed by atoms with Crippen molar-refractivity contribution in [1.29, 1.82) is 0 Å². The molecule has 140 valence electrons. The van der Waals surface area contributed by atoms with Crippen LogP contribution in [0.25, 0.3) is 0 Å². The van der Waals surface area contributed by atoms with Crippen LogP contribution in [0.15, 0.2) is 12.1 Å². The SMILES string of the molecule is COCCN1C[C@H]2CC[C@@H]1CN(Cc1ccc(OC)c(C)c1OC)C2. The van der Waals surface area contributed by atoms with E-state index in [2.05, 4.69) is 28.9 Å². The lowest BCUT2D eigenvalue weighted by Crippen LogP contribution is -2.45. The summed E-state index contributed by atoms with van der Waals surface area (Å²) in [6.07, 6.45) is 2.66. The molecule has 1 aromatic rings. The molecule has 25 heavy (non-hydrogen) atoms. The molecule has 0 unspecified atom stereocenters. The first-order chi connectivity index (χ1) is 12.2. The molecule has 0 spiro atoms. The summed E-state index contributed by atoms with van der Waals surface area (Å²) in [5.41, 5.74) is 2.34. The second-order valence-electron chi connectivity index (χ2n) is 7.36. The van der Waals surface area contributed by atoms with Gasteiger partial charge in [0.05, 0.1) is 20.8 Å². The fourth-order valence-corrected chi connectivity index (χ4v) is 4.49. The Morgan fingerprint density at radius 2 is 1.88 bits per heavy atom. The highest BCUT2D eigenvalue weighted by Crippen LogP contribution is 2.34. The maximum absolute atomic E-state index is 5.70. The van der Waals surface area contributed by atoms with Gasteiger partial charge in [-0.2, -0.15) is 0 Å². The average Bonchev–Trinajstić information content (AvgIpc) is 2.91. The number of rotatable bonds is 7. The molecule has 5 nitrogen and oxygen atoms in total. The van der Waals surface area contributed by atoms with Crippen LogP contribution in [0.3, 0.4) is 0 Å². The molecule has 3 heterocycles. The monoisotopic (exact) mass is 348 g/mol. The van der Waals surface area contributed by atoms with Crippen molar-refractivity contribution in [1.82, 2.24) is 9.80 Å². The smallest absolute Gasteiger partial charge is 0.129 e. The quantitative estimate of drug-likeness (QED) is 0.756. The van der Waals surface area contributed by atoms with E-state index in [1.54, 1.807) is 21.3 Å². The molecule has 0 aromatic heterocycles. The standard InChI is InChI=1S/C20H32N2O3/c1-15-19(24-3)8-6-17(20(15)25-4)13-21-11-16-5-7-18(14-21)22(12-16)9-10-23-2/h6,8,16,18H,5,7,9-14H2,1-4H3/t16-,18+/m0/s1. The molecule has 5 heteroatoms. The van der Waals surface area contributed by atoms with E-state index >= 15 is 0 Å². The summed E-state index contributed by atoms with van der Waals surface area (Å²) in [5, 5.41) is 0. The molecule has 3 saturated heterocycles. The normalized spacial score (nSPS) is 24.3. The minimum absolute atomic E-state index is 0.652. The highest BCUT2D eigenvalue weighted by Gasteiger charge is 2.34. The zero-order chi connectivity index (χ0) is 17.8. The summed E-state index contributed by atoms with van der Waals surface area (Å²) < 4.78 is 16.4. The second kappa shape index (κ2) is 8.39. The van der Waals surface area contributed by atoms with Gasteiger partial charge in [-0.05, 0) is 31.7 Å². The Labute approximate surface area is 151 Å². The van der Waals surface area contributed by atoms with Gasteiger partial charge in [0.2, 0.25) is 0 Å². The second-order valence-corrected chi connectivity index (χ2v) is 7.36. The number of hydrogen-bond acceptors (Lipinski definition) is 5. The molecule has 0 aliphatic carbocycles. The molecular weight excluding hydrogens is 316 g/mol. The molecule has 1 aromatic carbocycles. The van der Waals surface area contributed by atoms with Crippen molar-refractivity contribution >= 4 is 0 Å². The Kier molecular flexibility index (Phi) is 6.20. The number of hydrogen-bond donors (Lipinski definition) is 0. The number of ether oxygens (including phenoxy) is 3. The summed E-state index contributed by atoms with van der Waals surface area (Å²) in [7, 11) is 5.26. The predicted octanol–water partition coefficient (Wildman–Crippen LogP) is 2.55. The van der Waals surface area contributed by atoms with Gasteiger partial charge >= 0.3 is 0 Å². The Bertz CT molecular complexity index is 578. The molecule has 3 fully saturated rings. The first-order valence-electron chi connectivity index (χ1n) is 9.32. The number of methoxy groups -OCH3 is 3. The van der Waals surface area contributed by atoms with E-state index in [1.165, 1.54) is 31.5 Å². The molecule has 0 radical (unpaired) electrons. The van der Waals surface area contributed by atoms with E-state index in [0.717, 1.165) is 49.2 Å². The van der Waals surface area contributed by atoms with E-state index in [0.29, 0.717) is 6.04 Å².